The fourth-order valence-electron chi connectivity index (χ4n) is 4.44. The Morgan fingerprint density at radius 1 is 1.27 bits per heavy atom. The third-order valence-electron chi connectivity index (χ3n) is 6.18. The van der Waals surface area contributed by atoms with Crippen LogP contribution in [0, 0.1) is 0 Å². The van der Waals surface area contributed by atoms with E-state index >= 15 is 0 Å². The molecule has 5 rings (SSSR count). The third-order valence-corrected chi connectivity index (χ3v) is 7.39. The minimum Gasteiger partial charge on any atom is -0.485 e. The van der Waals surface area contributed by atoms with Crippen molar-refractivity contribution in [1.29, 1.82) is 0 Å². The SMILES string of the molecule is CSC(C)(C)c1nc(-c2ccnc3[nH]ccc23)nc2c1OC[C@]1(C)COC[C@@H](C)N21. The summed E-state index contributed by atoms with van der Waals surface area (Å²) >= 11 is 1.76. The lowest BCUT2D eigenvalue weighted by molar-refractivity contribution is 0.00707. The summed E-state index contributed by atoms with van der Waals surface area (Å²) in [5, 5.41) is 1.01. The lowest BCUT2D eigenvalue weighted by Crippen LogP contribution is -2.64. The molecule has 0 aliphatic carbocycles. The van der Waals surface area contributed by atoms with Gasteiger partial charge in [-0.25, -0.2) is 15.0 Å². The van der Waals surface area contributed by atoms with E-state index < -0.39 is 0 Å². The highest BCUT2D eigenvalue weighted by Crippen LogP contribution is 2.48. The number of anilines is 1. The Labute approximate surface area is 180 Å². The number of ether oxygens (including phenoxy) is 2. The van der Waals surface area contributed by atoms with Gasteiger partial charge in [0.1, 0.15) is 17.9 Å². The van der Waals surface area contributed by atoms with Gasteiger partial charge in [0.15, 0.2) is 17.4 Å². The fraction of sp³-hybridized carbons (Fsp3) is 0.500. The summed E-state index contributed by atoms with van der Waals surface area (Å²) in [6.45, 7) is 10.6. The van der Waals surface area contributed by atoms with E-state index in [2.05, 4.69) is 48.8 Å². The molecule has 0 radical (unpaired) electrons. The first-order valence-corrected chi connectivity index (χ1v) is 11.5. The van der Waals surface area contributed by atoms with Gasteiger partial charge in [-0.15, -0.1) is 0 Å². The number of hydrogen-bond donors (Lipinski definition) is 1. The number of pyridine rings is 1. The minimum absolute atomic E-state index is 0.198. The van der Waals surface area contributed by atoms with Gasteiger partial charge in [0.2, 0.25) is 0 Å². The third kappa shape index (κ3) is 2.88. The maximum atomic E-state index is 6.35. The molecule has 2 aliphatic heterocycles. The molecule has 1 fully saturated rings. The van der Waals surface area contributed by atoms with E-state index in [4.69, 9.17) is 19.4 Å². The van der Waals surface area contributed by atoms with Crippen molar-refractivity contribution in [3.05, 3.63) is 30.2 Å². The highest BCUT2D eigenvalue weighted by Gasteiger charge is 2.47. The molecule has 1 N–H and O–H groups in total. The normalized spacial score (nSPS) is 23.8. The van der Waals surface area contributed by atoms with Gasteiger partial charge >= 0.3 is 0 Å². The maximum absolute atomic E-state index is 6.35. The number of fused-ring (bicyclic) bond motifs is 4. The number of thioether (sulfide) groups is 1. The highest BCUT2D eigenvalue weighted by atomic mass is 32.2. The first-order chi connectivity index (χ1) is 14.3. The predicted octanol–water partition coefficient (Wildman–Crippen LogP) is 3.99. The van der Waals surface area contributed by atoms with Crippen LogP contribution in [0.25, 0.3) is 22.4 Å². The molecule has 0 unspecified atom stereocenters. The molecule has 0 amide bonds. The summed E-state index contributed by atoms with van der Waals surface area (Å²) in [5.74, 6) is 2.36. The Balaban J connectivity index is 1.79. The van der Waals surface area contributed by atoms with Gasteiger partial charge in [0.25, 0.3) is 0 Å². The summed E-state index contributed by atoms with van der Waals surface area (Å²) < 4.78 is 12.0. The van der Waals surface area contributed by atoms with Crippen LogP contribution in [0.1, 0.15) is 33.4 Å². The van der Waals surface area contributed by atoms with Gasteiger partial charge in [-0.1, -0.05) is 0 Å². The van der Waals surface area contributed by atoms with Crippen LogP contribution in [0.5, 0.6) is 5.75 Å². The molecular weight excluding hydrogens is 398 g/mol. The Kier molecular flexibility index (Phi) is 4.48. The molecule has 30 heavy (non-hydrogen) atoms. The van der Waals surface area contributed by atoms with E-state index in [9.17, 15) is 0 Å². The van der Waals surface area contributed by atoms with E-state index in [0.29, 0.717) is 25.6 Å². The summed E-state index contributed by atoms with van der Waals surface area (Å²) in [6.07, 6.45) is 5.81. The molecule has 0 bridgehead atoms. The quantitative estimate of drug-likeness (QED) is 0.680. The second-order valence-corrected chi connectivity index (χ2v) is 10.3. The number of aromatic amines is 1. The van der Waals surface area contributed by atoms with E-state index in [1.807, 2.05) is 18.3 Å². The number of H-pyrrole nitrogens is 1. The molecule has 8 heteroatoms. The van der Waals surface area contributed by atoms with Crippen LogP contribution in [0.15, 0.2) is 24.5 Å². The molecule has 158 valence electrons. The average Bonchev–Trinajstić information content (AvgIpc) is 3.21. The number of aromatic nitrogens is 4. The van der Waals surface area contributed by atoms with E-state index in [0.717, 1.165) is 33.9 Å². The molecule has 2 aliphatic rings. The van der Waals surface area contributed by atoms with Crippen molar-refractivity contribution in [3.63, 3.8) is 0 Å². The Bertz CT molecular complexity index is 1110. The molecule has 2 atom stereocenters. The molecule has 0 aromatic carbocycles. The smallest absolute Gasteiger partial charge is 0.184 e. The van der Waals surface area contributed by atoms with Crippen molar-refractivity contribution >= 4 is 28.6 Å². The molecule has 3 aromatic heterocycles. The highest BCUT2D eigenvalue weighted by molar-refractivity contribution is 7.99. The molecule has 3 aromatic rings. The molecule has 5 heterocycles. The zero-order valence-corrected chi connectivity index (χ0v) is 18.8. The van der Waals surface area contributed by atoms with Gasteiger partial charge in [-0.2, -0.15) is 11.8 Å². The number of rotatable bonds is 3. The van der Waals surface area contributed by atoms with E-state index in [-0.39, 0.29) is 16.3 Å². The summed E-state index contributed by atoms with van der Waals surface area (Å²) in [6, 6.07) is 4.21. The van der Waals surface area contributed by atoms with Gasteiger partial charge < -0.3 is 19.4 Å². The standard InChI is InChI=1S/C22H27N5O2S/c1-13-10-28-11-22(4)12-29-16-17(21(2,3)30-5)25-19(26-20(16)27(13)22)15-7-9-24-18-14(15)6-8-23-18/h6-9,13H,10-12H2,1-5H3,(H,23,24)/t13-,22+/m1/s1. The lowest BCUT2D eigenvalue weighted by atomic mass is 9.95. The number of nitrogens with zero attached hydrogens (tertiary/aromatic N) is 4. The molecule has 0 saturated carbocycles. The number of hydrogen-bond acceptors (Lipinski definition) is 7. The van der Waals surface area contributed by atoms with Crippen molar-refractivity contribution in [3.8, 4) is 17.1 Å². The predicted molar refractivity (Wildman–Crippen MR) is 120 cm³/mol. The number of nitrogens with one attached hydrogen (secondary N) is 1. The largest absolute Gasteiger partial charge is 0.485 e. The molecule has 7 nitrogen and oxygen atoms in total. The van der Waals surface area contributed by atoms with Crippen LogP contribution in [0.4, 0.5) is 5.82 Å². The van der Waals surface area contributed by atoms with Gasteiger partial charge in [-0.05, 0) is 46.1 Å². The monoisotopic (exact) mass is 425 g/mol. The Hall–Kier alpha value is -2.32. The van der Waals surface area contributed by atoms with Gasteiger partial charge in [0, 0.05) is 23.3 Å². The Morgan fingerprint density at radius 2 is 2.10 bits per heavy atom. The van der Waals surface area contributed by atoms with Crippen LogP contribution in [0.3, 0.4) is 0 Å². The van der Waals surface area contributed by atoms with Crippen LogP contribution < -0.4 is 9.64 Å². The molecule has 0 spiro atoms. The van der Waals surface area contributed by atoms with Crippen molar-refractivity contribution < 1.29 is 9.47 Å². The summed E-state index contributed by atoms with van der Waals surface area (Å²) in [5.41, 5.74) is 2.48. The van der Waals surface area contributed by atoms with Crippen molar-refractivity contribution in [2.24, 2.45) is 0 Å². The van der Waals surface area contributed by atoms with Crippen LogP contribution >= 0.6 is 11.8 Å². The van der Waals surface area contributed by atoms with Crippen LogP contribution in [0.2, 0.25) is 0 Å². The fourth-order valence-corrected chi connectivity index (χ4v) is 4.78. The lowest BCUT2D eigenvalue weighted by Gasteiger charge is -2.52. The van der Waals surface area contributed by atoms with Crippen molar-refractivity contribution in [1.82, 2.24) is 19.9 Å². The number of morpholine rings is 1. The summed E-state index contributed by atoms with van der Waals surface area (Å²) in [7, 11) is 0. The minimum atomic E-state index is -0.251. The first kappa shape index (κ1) is 19.6. The maximum Gasteiger partial charge on any atom is 0.184 e. The topological polar surface area (TPSA) is 76.2 Å². The second kappa shape index (κ2) is 6.85. The summed E-state index contributed by atoms with van der Waals surface area (Å²) in [4.78, 5) is 20.1. The van der Waals surface area contributed by atoms with E-state index in [1.165, 1.54) is 0 Å². The van der Waals surface area contributed by atoms with Crippen LogP contribution in [-0.2, 0) is 9.48 Å². The molecule has 1 saturated heterocycles. The van der Waals surface area contributed by atoms with Gasteiger partial charge in [0.05, 0.1) is 29.5 Å². The molecular formula is C22H27N5O2S. The van der Waals surface area contributed by atoms with Crippen LogP contribution in [-0.4, -0.2) is 57.6 Å². The average molecular weight is 426 g/mol. The van der Waals surface area contributed by atoms with Crippen molar-refractivity contribution in [2.45, 2.75) is 44.0 Å². The zero-order valence-electron chi connectivity index (χ0n) is 18.0. The van der Waals surface area contributed by atoms with Gasteiger partial charge in [-0.3, -0.25) is 0 Å². The zero-order chi connectivity index (χ0) is 21.1. The Morgan fingerprint density at radius 3 is 2.90 bits per heavy atom. The second-order valence-electron chi connectivity index (χ2n) is 8.88. The van der Waals surface area contributed by atoms with E-state index in [1.54, 1.807) is 18.0 Å². The van der Waals surface area contributed by atoms with Crippen molar-refractivity contribution in [2.75, 3.05) is 31.0 Å². The first-order valence-electron chi connectivity index (χ1n) is 10.2.